The third kappa shape index (κ3) is 2.00. The van der Waals surface area contributed by atoms with Crippen molar-refractivity contribution in [1.82, 2.24) is 0 Å². The molecule has 16 heavy (non-hydrogen) atoms. The van der Waals surface area contributed by atoms with E-state index in [0.717, 1.165) is 5.56 Å². The van der Waals surface area contributed by atoms with Crippen LogP contribution in [-0.2, 0) is 15.3 Å². The third-order valence-corrected chi connectivity index (χ3v) is 2.51. The van der Waals surface area contributed by atoms with Gasteiger partial charge in [-0.05, 0) is 0 Å². The molecule has 86 valence electrons. The SMILES string of the molecule is NC(CC1(c2ccccc2)OCCO1)=NO. The quantitative estimate of drug-likeness (QED) is 0.346. The summed E-state index contributed by atoms with van der Waals surface area (Å²) in [5.41, 5.74) is 6.39. The zero-order chi connectivity index (χ0) is 11.4. The molecule has 5 heteroatoms. The molecule has 0 spiro atoms. The summed E-state index contributed by atoms with van der Waals surface area (Å²) < 4.78 is 11.2. The highest BCUT2D eigenvalue weighted by Crippen LogP contribution is 2.34. The first-order valence-electron chi connectivity index (χ1n) is 5.07. The molecular weight excluding hydrogens is 208 g/mol. The smallest absolute Gasteiger partial charge is 0.202 e. The van der Waals surface area contributed by atoms with Crippen molar-refractivity contribution >= 4 is 5.84 Å². The van der Waals surface area contributed by atoms with Crippen LogP contribution in [0.5, 0.6) is 0 Å². The Balaban J connectivity index is 2.29. The highest BCUT2D eigenvalue weighted by atomic mass is 16.7. The van der Waals surface area contributed by atoms with Crippen LogP contribution in [0.15, 0.2) is 35.5 Å². The topological polar surface area (TPSA) is 77.1 Å². The first-order chi connectivity index (χ1) is 7.77. The van der Waals surface area contributed by atoms with Gasteiger partial charge in [0.2, 0.25) is 5.79 Å². The maximum Gasteiger partial charge on any atom is 0.202 e. The molecule has 0 aromatic heterocycles. The van der Waals surface area contributed by atoms with E-state index in [1.807, 2.05) is 30.3 Å². The fourth-order valence-corrected chi connectivity index (χ4v) is 1.79. The molecule has 1 aromatic rings. The molecule has 0 aliphatic carbocycles. The number of oxime groups is 1. The Kier molecular flexibility index (Phi) is 3.07. The second kappa shape index (κ2) is 4.51. The molecule has 3 N–H and O–H groups in total. The first kappa shape index (κ1) is 10.9. The molecule has 1 aliphatic rings. The Hall–Kier alpha value is -1.59. The largest absolute Gasteiger partial charge is 0.409 e. The Morgan fingerprint density at radius 2 is 1.94 bits per heavy atom. The van der Waals surface area contributed by atoms with Gasteiger partial charge in [-0.1, -0.05) is 35.5 Å². The summed E-state index contributed by atoms with van der Waals surface area (Å²) in [6.07, 6.45) is 0.216. The minimum absolute atomic E-state index is 0.0887. The third-order valence-electron chi connectivity index (χ3n) is 2.51. The molecule has 0 atom stereocenters. The van der Waals surface area contributed by atoms with Gasteiger partial charge in [-0.3, -0.25) is 0 Å². The highest BCUT2D eigenvalue weighted by Gasteiger charge is 2.39. The van der Waals surface area contributed by atoms with Crippen molar-refractivity contribution in [3.63, 3.8) is 0 Å². The zero-order valence-electron chi connectivity index (χ0n) is 8.80. The summed E-state index contributed by atoms with van der Waals surface area (Å²) >= 11 is 0. The van der Waals surface area contributed by atoms with Crippen molar-refractivity contribution in [2.75, 3.05) is 13.2 Å². The lowest BCUT2D eigenvalue weighted by Crippen LogP contribution is -2.33. The predicted octanol–water partition coefficient (Wildman–Crippen LogP) is 1.02. The van der Waals surface area contributed by atoms with E-state index < -0.39 is 5.79 Å². The average molecular weight is 222 g/mol. The monoisotopic (exact) mass is 222 g/mol. The summed E-state index contributed by atoms with van der Waals surface area (Å²) in [6, 6.07) is 9.50. The van der Waals surface area contributed by atoms with Crippen LogP contribution in [0.25, 0.3) is 0 Å². The van der Waals surface area contributed by atoms with Crippen LogP contribution >= 0.6 is 0 Å². The molecule has 1 aromatic carbocycles. The Morgan fingerprint density at radius 3 is 2.50 bits per heavy atom. The van der Waals surface area contributed by atoms with Gasteiger partial charge in [0.1, 0.15) is 5.84 Å². The summed E-state index contributed by atoms with van der Waals surface area (Å²) in [5, 5.41) is 11.6. The molecule has 0 radical (unpaired) electrons. The molecule has 0 amide bonds. The van der Waals surface area contributed by atoms with Gasteiger partial charge in [-0.2, -0.15) is 0 Å². The predicted molar refractivity (Wildman–Crippen MR) is 58.0 cm³/mol. The highest BCUT2D eigenvalue weighted by molar-refractivity contribution is 5.80. The molecule has 1 saturated heterocycles. The summed E-state index contributed by atoms with van der Waals surface area (Å²) in [4.78, 5) is 0. The molecule has 0 unspecified atom stereocenters. The number of amidine groups is 1. The van der Waals surface area contributed by atoms with Crippen LogP contribution in [0.1, 0.15) is 12.0 Å². The maximum atomic E-state index is 8.61. The van der Waals surface area contributed by atoms with Crippen LogP contribution in [0.4, 0.5) is 0 Å². The number of nitrogens with two attached hydrogens (primary N) is 1. The second-order valence-electron chi connectivity index (χ2n) is 3.58. The first-order valence-corrected chi connectivity index (χ1v) is 5.07. The summed E-state index contributed by atoms with van der Waals surface area (Å²) in [6.45, 7) is 1.02. The van der Waals surface area contributed by atoms with Gasteiger partial charge >= 0.3 is 0 Å². The lowest BCUT2D eigenvalue weighted by molar-refractivity contribution is -0.159. The van der Waals surface area contributed by atoms with Crippen LogP contribution in [0.3, 0.4) is 0 Å². The number of nitrogens with zero attached hydrogens (tertiary/aromatic N) is 1. The molecule has 5 nitrogen and oxygen atoms in total. The normalized spacial score (nSPS) is 19.9. The van der Waals surface area contributed by atoms with Gasteiger partial charge in [0.05, 0.1) is 19.6 Å². The van der Waals surface area contributed by atoms with Gasteiger partial charge in [0.25, 0.3) is 0 Å². The van der Waals surface area contributed by atoms with E-state index >= 15 is 0 Å². The molecule has 0 saturated carbocycles. The lowest BCUT2D eigenvalue weighted by atomic mass is 10.0. The summed E-state index contributed by atoms with van der Waals surface area (Å²) in [5.74, 6) is -0.817. The van der Waals surface area contributed by atoms with E-state index in [4.69, 9.17) is 20.4 Å². The zero-order valence-corrected chi connectivity index (χ0v) is 8.80. The molecular formula is C11H14N2O3. The van der Waals surface area contributed by atoms with Crippen LogP contribution in [-0.4, -0.2) is 24.3 Å². The van der Waals surface area contributed by atoms with Crippen LogP contribution in [0.2, 0.25) is 0 Å². The lowest BCUT2D eigenvalue weighted by Gasteiger charge is -2.27. The number of rotatable bonds is 3. The maximum absolute atomic E-state index is 8.61. The van der Waals surface area contributed by atoms with Crippen molar-refractivity contribution in [3.05, 3.63) is 35.9 Å². The minimum Gasteiger partial charge on any atom is -0.409 e. The van der Waals surface area contributed by atoms with Crippen molar-refractivity contribution in [2.24, 2.45) is 10.9 Å². The van der Waals surface area contributed by atoms with Crippen molar-refractivity contribution < 1.29 is 14.7 Å². The fraction of sp³-hybridized carbons (Fsp3) is 0.364. The molecule has 1 fully saturated rings. The summed E-state index contributed by atoms with van der Waals surface area (Å²) in [7, 11) is 0. The van der Waals surface area contributed by atoms with Gasteiger partial charge in [-0.25, -0.2) is 0 Å². The van der Waals surface area contributed by atoms with Crippen molar-refractivity contribution in [3.8, 4) is 0 Å². The number of ether oxygens (including phenoxy) is 2. The van der Waals surface area contributed by atoms with Crippen LogP contribution in [0, 0.1) is 0 Å². The van der Waals surface area contributed by atoms with E-state index in [-0.39, 0.29) is 12.3 Å². The van der Waals surface area contributed by atoms with Crippen LogP contribution < -0.4 is 5.73 Å². The van der Waals surface area contributed by atoms with E-state index in [1.165, 1.54) is 0 Å². The van der Waals surface area contributed by atoms with E-state index in [0.29, 0.717) is 13.2 Å². The van der Waals surface area contributed by atoms with Gasteiger partial charge < -0.3 is 20.4 Å². The van der Waals surface area contributed by atoms with E-state index in [9.17, 15) is 0 Å². The minimum atomic E-state index is -0.905. The molecule has 0 bridgehead atoms. The van der Waals surface area contributed by atoms with Crippen molar-refractivity contribution in [2.45, 2.75) is 12.2 Å². The Labute approximate surface area is 93.5 Å². The molecule has 1 aliphatic heterocycles. The standard InChI is InChI=1S/C11H14N2O3/c12-10(13-14)8-11(15-6-7-16-11)9-4-2-1-3-5-9/h1-5,14H,6-8H2,(H2,12,13). The van der Waals surface area contributed by atoms with E-state index in [2.05, 4.69) is 5.16 Å². The fourth-order valence-electron chi connectivity index (χ4n) is 1.79. The van der Waals surface area contributed by atoms with Gasteiger partial charge in [0, 0.05) is 5.56 Å². The van der Waals surface area contributed by atoms with Crippen molar-refractivity contribution in [1.29, 1.82) is 0 Å². The Morgan fingerprint density at radius 1 is 1.31 bits per heavy atom. The van der Waals surface area contributed by atoms with E-state index in [1.54, 1.807) is 0 Å². The molecule has 1 heterocycles. The number of hydrogen-bond donors (Lipinski definition) is 2. The second-order valence-corrected chi connectivity index (χ2v) is 3.58. The number of benzene rings is 1. The number of hydrogen-bond acceptors (Lipinski definition) is 4. The molecule has 2 rings (SSSR count). The van der Waals surface area contributed by atoms with Gasteiger partial charge in [0.15, 0.2) is 0 Å². The average Bonchev–Trinajstić information content (AvgIpc) is 2.80. The Bertz CT molecular complexity index is 372. The van der Waals surface area contributed by atoms with Gasteiger partial charge in [-0.15, -0.1) is 0 Å².